The van der Waals surface area contributed by atoms with Crippen molar-refractivity contribution >= 4 is 29.0 Å². The monoisotopic (exact) mass is 337 g/mol. The second kappa shape index (κ2) is 6.41. The van der Waals surface area contributed by atoms with Gasteiger partial charge in [-0.1, -0.05) is 29.3 Å². The molecule has 2 aromatic rings. The highest BCUT2D eigenvalue weighted by atomic mass is 35.5. The van der Waals surface area contributed by atoms with Gasteiger partial charge in [0.25, 0.3) is 0 Å². The number of ether oxygens (including phenoxy) is 1. The molecule has 1 aliphatic heterocycles. The minimum Gasteiger partial charge on any atom is -0.370 e. The summed E-state index contributed by atoms with van der Waals surface area (Å²) in [5.41, 5.74) is 2.10. The molecule has 1 unspecified atom stereocenters. The molecule has 6 heteroatoms. The van der Waals surface area contributed by atoms with Gasteiger partial charge in [-0.25, -0.2) is 9.97 Å². The predicted molar refractivity (Wildman–Crippen MR) is 88.9 cm³/mol. The summed E-state index contributed by atoms with van der Waals surface area (Å²) in [6.45, 7) is 6.12. The van der Waals surface area contributed by atoms with Crippen LogP contribution in [0.25, 0.3) is 0 Å². The van der Waals surface area contributed by atoms with E-state index < -0.39 is 0 Å². The molecular weight excluding hydrogens is 321 g/mol. The Morgan fingerprint density at radius 1 is 1.23 bits per heavy atom. The first kappa shape index (κ1) is 15.5. The van der Waals surface area contributed by atoms with Crippen molar-refractivity contribution in [1.29, 1.82) is 0 Å². The van der Waals surface area contributed by atoms with Crippen molar-refractivity contribution in [2.45, 2.75) is 20.0 Å². The van der Waals surface area contributed by atoms with Crippen LogP contribution in [0, 0.1) is 13.8 Å². The number of aromatic nitrogens is 2. The fraction of sp³-hybridized carbons (Fsp3) is 0.375. The molecule has 0 radical (unpaired) electrons. The third kappa shape index (κ3) is 3.19. The van der Waals surface area contributed by atoms with Crippen LogP contribution in [0.3, 0.4) is 0 Å². The van der Waals surface area contributed by atoms with Crippen LogP contribution in [0.5, 0.6) is 0 Å². The minimum atomic E-state index is -0.0433. The summed E-state index contributed by atoms with van der Waals surface area (Å²) in [5.74, 6) is 1.75. The highest BCUT2D eigenvalue weighted by Gasteiger charge is 2.24. The van der Waals surface area contributed by atoms with E-state index in [9.17, 15) is 0 Å². The van der Waals surface area contributed by atoms with Gasteiger partial charge in [-0.2, -0.15) is 0 Å². The first-order valence-corrected chi connectivity index (χ1v) is 7.92. The summed E-state index contributed by atoms with van der Waals surface area (Å²) in [7, 11) is 0. The number of hydrogen-bond donors (Lipinski definition) is 0. The van der Waals surface area contributed by atoms with E-state index in [4.69, 9.17) is 27.9 Å². The summed E-state index contributed by atoms with van der Waals surface area (Å²) in [4.78, 5) is 11.0. The van der Waals surface area contributed by atoms with Crippen molar-refractivity contribution < 1.29 is 4.74 Å². The van der Waals surface area contributed by atoms with Crippen molar-refractivity contribution in [3.63, 3.8) is 0 Å². The molecule has 1 aliphatic rings. The number of nitrogens with zero attached hydrogens (tertiary/aromatic N) is 3. The van der Waals surface area contributed by atoms with Crippen molar-refractivity contribution in [1.82, 2.24) is 9.97 Å². The Balaban J connectivity index is 1.84. The van der Waals surface area contributed by atoms with Crippen LogP contribution in [0.1, 0.15) is 23.1 Å². The first-order chi connectivity index (χ1) is 10.5. The Bertz CT molecular complexity index is 693. The van der Waals surface area contributed by atoms with E-state index in [2.05, 4.69) is 14.9 Å². The van der Waals surface area contributed by atoms with E-state index >= 15 is 0 Å². The Morgan fingerprint density at radius 3 is 2.82 bits per heavy atom. The number of halogens is 2. The number of anilines is 1. The summed E-state index contributed by atoms with van der Waals surface area (Å²) in [6, 6.07) is 5.64. The number of morpholine rings is 1. The van der Waals surface area contributed by atoms with Gasteiger partial charge in [0, 0.05) is 24.8 Å². The molecule has 1 saturated heterocycles. The zero-order valence-electron chi connectivity index (χ0n) is 12.5. The fourth-order valence-electron chi connectivity index (χ4n) is 2.59. The second-order valence-corrected chi connectivity index (χ2v) is 6.22. The fourth-order valence-corrected chi connectivity index (χ4v) is 2.90. The molecule has 1 aromatic carbocycles. The summed E-state index contributed by atoms with van der Waals surface area (Å²) in [5, 5.41) is 1.11. The molecule has 0 spiro atoms. The Kier molecular flexibility index (Phi) is 4.52. The van der Waals surface area contributed by atoms with Crippen LogP contribution in [0.2, 0.25) is 10.0 Å². The minimum absolute atomic E-state index is 0.0433. The zero-order valence-corrected chi connectivity index (χ0v) is 14.0. The van der Waals surface area contributed by atoms with E-state index in [-0.39, 0.29) is 6.10 Å². The molecule has 0 bridgehead atoms. The number of hydrogen-bond acceptors (Lipinski definition) is 4. The third-order valence-corrected chi connectivity index (χ3v) is 4.49. The lowest BCUT2D eigenvalue weighted by molar-refractivity contribution is 0.0395. The van der Waals surface area contributed by atoms with Gasteiger partial charge in [0.2, 0.25) is 0 Å². The topological polar surface area (TPSA) is 38.2 Å². The molecule has 1 fully saturated rings. The van der Waals surface area contributed by atoms with Gasteiger partial charge in [-0.3, -0.25) is 0 Å². The van der Waals surface area contributed by atoms with Crippen LogP contribution in [0.4, 0.5) is 5.82 Å². The molecular formula is C16H17Cl2N3O. The molecule has 2 heterocycles. The third-order valence-electron chi connectivity index (χ3n) is 3.75. The Morgan fingerprint density at radius 2 is 2.05 bits per heavy atom. The number of benzene rings is 1. The molecule has 116 valence electrons. The van der Waals surface area contributed by atoms with Crippen LogP contribution in [-0.2, 0) is 4.74 Å². The molecule has 22 heavy (non-hydrogen) atoms. The lowest BCUT2D eigenvalue weighted by Crippen LogP contribution is -2.39. The molecule has 0 saturated carbocycles. The Labute approximate surface area is 140 Å². The lowest BCUT2D eigenvalue weighted by Gasteiger charge is -2.34. The maximum absolute atomic E-state index is 6.11. The van der Waals surface area contributed by atoms with Crippen LogP contribution >= 0.6 is 23.2 Å². The lowest BCUT2D eigenvalue weighted by atomic mass is 10.1. The van der Waals surface area contributed by atoms with Crippen molar-refractivity contribution in [2.75, 3.05) is 24.6 Å². The van der Waals surface area contributed by atoms with Gasteiger partial charge in [0.05, 0.1) is 16.7 Å². The average Bonchev–Trinajstić information content (AvgIpc) is 2.52. The second-order valence-electron chi connectivity index (χ2n) is 5.40. The molecule has 0 amide bonds. The van der Waals surface area contributed by atoms with Gasteiger partial charge < -0.3 is 9.64 Å². The van der Waals surface area contributed by atoms with E-state index in [0.29, 0.717) is 16.7 Å². The average molecular weight is 338 g/mol. The maximum Gasteiger partial charge on any atom is 0.135 e. The van der Waals surface area contributed by atoms with Crippen LogP contribution < -0.4 is 4.90 Å². The molecule has 0 aliphatic carbocycles. The zero-order chi connectivity index (χ0) is 15.7. The normalized spacial score (nSPS) is 18.5. The maximum atomic E-state index is 6.11. The van der Waals surface area contributed by atoms with Gasteiger partial charge in [-0.05, 0) is 31.5 Å². The smallest absolute Gasteiger partial charge is 0.135 e. The van der Waals surface area contributed by atoms with Gasteiger partial charge in [0.1, 0.15) is 17.7 Å². The van der Waals surface area contributed by atoms with Crippen molar-refractivity contribution in [3.05, 3.63) is 51.4 Å². The summed E-state index contributed by atoms with van der Waals surface area (Å²) in [6.07, 6.45) is 1.82. The van der Waals surface area contributed by atoms with Gasteiger partial charge >= 0.3 is 0 Å². The molecule has 3 rings (SSSR count). The van der Waals surface area contributed by atoms with Gasteiger partial charge in [0.15, 0.2) is 0 Å². The summed E-state index contributed by atoms with van der Waals surface area (Å²) >= 11 is 12.1. The van der Waals surface area contributed by atoms with Crippen molar-refractivity contribution in [3.8, 4) is 0 Å². The number of rotatable bonds is 2. The molecule has 1 atom stereocenters. The van der Waals surface area contributed by atoms with E-state index in [1.54, 1.807) is 0 Å². The summed E-state index contributed by atoms with van der Waals surface area (Å²) < 4.78 is 5.89. The standard InChI is InChI=1S/C16H17Cl2N3O/c1-10-8-19-11(2)20-16(10)21-5-6-22-15(9-21)12-3-4-13(17)14(18)7-12/h3-4,7-8,15H,5-6,9H2,1-2H3. The SMILES string of the molecule is Cc1ncc(C)c(N2CCOC(c3ccc(Cl)c(Cl)c3)C2)n1. The van der Waals surface area contributed by atoms with Gasteiger partial charge in [-0.15, -0.1) is 0 Å². The Hall–Kier alpha value is -1.36. The highest BCUT2D eigenvalue weighted by Crippen LogP contribution is 2.30. The van der Waals surface area contributed by atoms with Crippen LogP contribution in [-0.4, -0.2) is 29.7 Å². The largest absolute Gasteiger partial charge is 0.370 e. The molecule has 0 N–H and O–H groups in total. The van der Waals surface area contributed by atoms with Crippen LogP contribution in [0.15, 0.2) is 24.4 Å². The van der Waals surface area contributed by atoms with E-state index in [1.807, 2.05) is 38.2 Å². The molecule has 4 nitrogen and oxygen atoms in total. The quantitative estimate of drug-likeness (QED) is 0.830. The van der Waals surface area contributed by atoms with Crippen molar-refractivity contribution in [2.24, 2.45) is 0 Å². The highest BCUT2D eigenvalue weighted by molar-refractivity contribution is 6.42. The number of aryl methyl sites for hydroxylation is 2. The molecule has 1 aromatic heterocycles. The first-order valence-electron chi connectivity index (χ1n) is 7.16. The predicted octanol–water partition coefficient (Wildman–Crippen LogP) is 3.98. The van der Waals surface area contributed by atoms with E-state index in [0.717, 1.165) is 35.9 Å². The van der Waals surface area contributed by atoms with E-state index in [1.165, 1.54) is 0 Å².